The molecule has 3 heterocycles. The molecule has 1 fully saturated rings. The molecule has 7 heteroatoms. The number of hydrogen-bond acceptors (Lipinski definition) is 5. The van der Waals surface area contributed by atoms with Gasteiger partial charge in [0.25, 0.3) is 0 Å². The van der Waals surface area contributed by atoms with Crippen molar-refractivity contribution in [2.75, 3.05) is 0 Å². The summed E-state index contributed by atoms with van der Waals surface area (Å²) in [6, 6.07) is 3.90. The molecule has 2 unspecified atom stereocenters. The van der Waals surface area contributed by atoms with Crippen molar-refractivity contribution >= 4 is 17.3 Å². The normalized spacial score (nSPS) is 22.8. The standard InChI is InChI=1S/C12H13N3O3S/c1-15-11(7-4-5-8(18-7)12(16)17)13-10(14-15)9-3-2-6-19-9/h2-3,6-8H,4-5H2,1H3,(H,16,17). The fraction of sp³-hybridized carbons (Fsp3) is 0.417. The van der Waals surface area contributed by atoms with Gasteiger partial charge >= 0.3 is 5.97 Å². The lowest BCUT2D eigenvalue weighted by Crippen LogP contribution is -2.19. The molecule has 0 radical (unpaired) electrons. The van der Waals surface area contributed by atoms with Gasteiger partial charge in [-0.05, 0) is 24.3 Å². The second-order valence-electron chi connectivity index (χ2n) is 4.42. The lowest BCUT2D eigenvalue weighted by molar-refractivity contribution is -0.149. The maximum Gasteiger partial charge on any atom is 0.332 e. The fourth-order valence-electron chi connectivity index (χ4n) is 2.20. The van der Waals surface area contributed by atoms with Crippen LogP contribution in [0.2, 0.25) is 0 Å². The van der Waals surface area contributed by atoms with E-state index in [4.69, 9.17) is 9.84 Å². The van der Waals surface area contributed by atoms with Crippen LogP contribution in [0.1, 0.15) is 24.8 Å². The van der Waals surface area contributed by atoms with Crippen LogP contribution in [0.5, 0.6) is 0 Å². The number of ether oxygens (including phenoxy) is 1. The van der Waals surface area contributed by atoms with Gasteiger partial charge in [-0.1, -0.05) is 6.07 Å². The Kier molecular flexibility index (Phi) is 3.08. The predicted octanol–water partition coefficient (Wildman–Crippen LogP) is 1.85. The van der Waals surface area contributed by atoms with Crippen LogP contribution < -0.4 is 0 Å². The summed E-state index contributed by atoms with van der Waals surface area (Å²) in [5.74, 6) is 0.435. The number of aliphatic carboxylic acids is 1. The average molecular weight is 279 g/mol. The molecule has 0 bridgehead atoms. The van der Waals surface area contributed by atoms with Gasteiger partial charge in [0.1, 0.15) is 6.10 Å². The Balaban J connectivity index is 1.84. The Hall–Kier alpha value is -1.73. The molecule has 0 saturated carbocycles. The van der Waals surface area contributed by atoms with Gasteiger partial charge in [-0.25, -0.2) is 9.78 Å². The Labute approximate surface area is 113 Å². The highest BCUT2D eigenvalue weighted by atomic mass is 32.1. The number of aromatic nitrogens is 3. The molecule has 0 aromatic carbocycles. The lowest BCUT2D eigenvalue weighted by atomic mass is 10.2. The topological polar surface area (TPSA) is 77.2 Å². The molecule has 1 aliphatic rings. The molecular weight excluding hydrogens is 266 g/mol. The molecule has 6 nitrogen and oxygen atoms in total. The number of aryl methyl sites for hydroxylation is 1. The zero-order chi connectivity index (χ0) is 13.4. The zero-order valence-electron chi connectivity index (χ0n) is 10.3. The number of carboxylic acid groups (broad SMARTS) is 1. The Bertz CT molecular complexity index is 593. The summed E-state index contributed by atoms with van der Waals surface area (Å²) in [7, 11) is 1.80. The van der Waals surface area contributed by atoms with Crippen LogP contribution in [0.15, 0.2) is 17.5 Å². The van der Waals surface area contributed by atoms with Crippen LogP contribution in [-0.2, 0) is 16.6 Å². The summed E-state index contributed by atoms with van der Waals surface area (Å²) in [5.41, 5.74) is 0. The summed E-state index contributed by atoms with van der Waals surface area (Å²) in [6.07, 6.45) is 0.161. The number of carboxylic acids is 1. The van der Waals surface area contributed by atoms with Gasteiger partial charge in [-0.3, -0.25) is 4.68 Å². The van der Waals surface area contributed by atoms with Gasteiger partial charge in [0.2, 0.25) is 0 Å². The molecule has 1 saturated heterocycles. The fourth-order valence-corrected chi connectivity index (χ4v) is 2.85. The third-order valence-electron chi connectivity index (χ3n) is 3.12. The average Bonchev–Trinajstić information content (AvgIpc) is 3.08. The monoisotopic (exact) mass is 279 g/mol. The smallest absolute Gasteiger partial charge is 0.332 e. The molecule has 3 rings (SSSR count). The number of nitrogens with zero attached hydrogens (tertiary/aromatic N) is 3. The van der Waals surface area contributed by atoms with Gasteiger partial charge < -0.3 is 9.84 Å². The minimum Gasteiger partial charge on any atom is -0.479 e. The molecule has 0 amide bonds. The summed E-state index contributed by atoms with van der Waals surface area (Å²) in [5, 5.41) is 15.3. The Morgan fingerprint density at radius 3 is 3.05 bits per heavy atom. The molecule has 0 aliphatic carbocycles. The number of rotatable bonds is 3. The number of carbonyl (C=O) groups is 1. The first-order valence-electron chi connectivity index (χ1n) is 5.98. The van der Waals surface area contributed by atoms with Crippen LogP contribution in [0.25, 0.3) is 10.7 Å². The largest absolute Gasteiger partial charge is 0.479 e. The third kappa shape index (κ3) is 2.26. The second-order valence-corrected chi connectivity index (χ2v) is 5.37. The van der Waals surface area contributed by atoms with E-state index in [0.717, 1.165) is 4.88 Å². The van der Waals surface area contributed by atoms with Crippen molar-refractivity contribution in [2.24, 2.45) is 7.05 Å². The highest BCUT2D eigenvalue weighted by molar-refractivity contribution is 7.13. The minimum absolute atomic E-state index is 0.285. The minimum atomic E-state index is -0.914. The molecule has 1 aliphatic heterocycles. The van der Waals surface area contributed by atoms with Crippen LogP contribution in [0.3, 0.4) is 0 Å². The first-order chi connectivity index (χ1) is 9.15. The molecular formula is C12H13N3O3S. The number of thiophene rings is 1. The summed E-state index contributed by atoms with van der Waals surface area (Å²) in [4.78, 5) is 16.4. The second kappa shape index (κ2) is 4.75. The van der Waals surface area contributed by atoms with Gasteiger partial charge in [-0.2, -0.15) is 5.10 Å². The van der Waals surface area contributed by atoms with Crippen LogP contribution in [0, 0.1) is 0 Å². The van der Waals surface area contributed by atoms with Crippen molar-refractivity contribution in [1.82, 2.24) is 14.8 Å². The highest BCUT2D eigenvalue weighted by Gasteiger charge is 2.34. The van der Waals surface area contributed by atoms with E-state index in [1.165, 1.54) is 0 Å². The third-order valence-corrected chi connectivity index (χ3v) is 3.99. The first kappa shape index (κ1) is 12.3. The van der Waals surface area contributed by atoms with Gasteiger partial charge in [-0.15, -0.1) is 11.3 Å². The maximum absolute atomic E-state index is 10.9. The molecule has 2 atom stereocenters. The highest BCUT2D eigenvalue weighted by Crippen LogP contribution is 2.33. The SMILES string of the molecule is Cn1nc(-c2cccs2)nc1C1CCC(C(=O)O)O1. The van der Waals surface area contributed by atoms with Crippen molar-refractivity contribution in [3.8, 4) is 10.7 Å². The first-order valence-corrected chi connectivity index (χ1v) is 6.86. The Morgan fingerprint density at radius 2 is 2.42 bits per heavy atom. The van der Waals surface area contributed by atoms with E-state index < -0.39 is 12.1 Å². The van der Waals surface area contributed by atoms with Gasteiger partial charge in [0.05, 0.1) is 4.88 Å². The van der Waals surface area contributed by atoms with E-state index in [1.807, 2.05) is 17.5 Å². The zero-order valence-corrected chi connectivity index (χ0v) is 11.1. The predicted molar refractivity (Wildman–Crippen MR) is 68.8 cm³/mol. The Morgan fingerprint density at radius 1 is 1.58 bits per heavy atom. The van der Waals surface area contributed by atoms with E-state index in [-0.39, 0.29) is 6.10 Å². The van der Waals surface area contributed by atoms with E-state index in [0.29, 0.717) is 24.5 Å². The van der Waals surface area contributed by atoms with E-state index in [2.05, 4.69) is 10.1 Å². The molecule has 1 N–H and O–H groups in total. The summed E-state index contributed by atoms with van der Waals surface area (Å²) in [6.45, 7) is 0. The van der Waals surface area contributed by atoms with E-state index >= 15 is 0 Å². The molecule has 100 valence electrons. The molecule has 2 aromatic rings. The molecule has 2 aromatic heterocycles. The lowest BCUT2D eigenvalue weighted by Gasteiger charge is -2.09. The maximum atomic E-state index is 10.9. The van der Waals surface area contributed by atoms with Crippen molar-refractivity contribution in [1.29, 1.82) is 0 Å². The number of hydrogen-bond donors (Lipinski definition) is 1. The van der Waals surface area contributed by atoms with Crippen molar-refractivity contribution in [3.05, 3.63) is 23.3 Å². The van der Waals surface area contributed by atoms with Crippen LogP contribution in [0.4, 0.5) is 0 Å². The van der Waals surface area contributed by atoms with Crippen LogP contribution >= 0.6 is 11.3 Å². The van der Waals surface area contributed by atoms with E-state index in [1.54, 1.807) is 23.1 Å². The summed E-state index contributed by atoms with van der Waals surface area (Å²) >= 11 is 1.57. The van der Waals surface area contributed by atoms with Gasteiger partial charge in [0.15, 0.2) is 17.8 Å². The quantitative estimate of drug-likeness (QED) is 0.927. The van der Waals surface area contributed by atoms with Gasteiger partial charge in [0, 0.05) is 7.05 Å². The van der Waals surface area contributed by atoms with Crippen LogP contribution in [-0.4, -0.2) is 31.9 Å². The summed E-state index contributed by atoms with van der Waals surface area (Å²) < 4.78 is 7.17. The van der Waals surface area contributed by atoms with Crippen molar-refractivity contribution < 1.29 is 14.6 Å². The van der Waals surface area contributed by atoms with Crippen molar-refractivity contribution in [2.45, 2.75) is 25.0 Å². The molecule has 19 heavy (non-hydrogen) atoms. The van der Waals surface area contributed by atoms with Crippen molar-refractivity contribution in [3.63, 3.8) is 0 Å². The van der Waals surface area contributed by atoms with E-state index in [9.17, 15) is 4.79 Å². The molecule has 0 spiro atoms.